The third kappa shape index (κ3) is 4.23. The van der Waals surface area contributed by atoms with Crippen LogP contribution in [-0.2, 0) is 17.5 Å². The fourth-order valence-corrected chi connectivity index (χ4v) is 4.54. The van der Waals surface area contributed by atoms with E-state index in [1.165, 1.54) is 11.6 Å². The lowest BCUT2D eigenvalue weighted by Crippen LogP contribution is -2.57. The van der Waals surface area contributed by atoms with E-state index >= 15 is 0 Å². The highest BCUT2D eigenvalue weighted by atomic mass is 19.4. The predicted octanol–water partition coefficient (Wildman–Crippen LogP) is 4.88. The van der Waals surface area contributed by atoms with Crippen molar-refractivity contribution in [3.63, 3.8) is 0 Å². The molecule has 0 N–H and O–H groups in total. The van der Waals surface area contributed by atoms with Gasteiger partial charge in [-0.2, -0.15) is 13.2 Å². The second-order valence-electron chi connectivity index (χ2n) is 8.06. The summed E-state index contributed by atoms with van der Waals surface area (Å²) >= 11 is 0. The number of hydrogen-bond acceptors (Lipinski definition) is 3. The van der Waals surface area contributed by atoms with Crippen molar-refractivity contribution in [1.82, 2.24) is 4.90 Å². The average molecular weight is 403 g/mol. The summed E-state index contributed by atoms with van der Waals surface area (Å²) in [7, 11) is 0. The van der Waals surface area contributed by atoms with E-state index in [0.29, 0.717) is 31.6 Å². The zero-order chi connectivity index (χ0) is 20.6. The van der Waals surface area contributed by atoms with Gasteiger partial charge in [0.1, 0.15) is 0 Å². The van der Waals surface area contributed by atoms with Gasteiger partial charge >= 0.3 is 6.18 Å². The van der Waals surface area contributed by atoms with E-state index in [1.54, 1.807) is 6.92 Å². The van der Waals surface area contributed by atoms with Crippen LogP contribution in [0.15, 0.2) is 48.5 Å². The molecule has 2 aromatic carbocycles. The van der Waals surface area contributed by atoms with Crippen LogP contribution in [0.3, 0.4) is 0 Å². The zero-order valence-corrected chi connectivity index (χ0v) is 16.3. The number of fused-ring (bicyclic) bond motifs is 2. The third-order valence-corrected chi connectivity index (χ3v) is 6.08. The predicted molar refractivity (Wildman–Crippen MR) is 104 cm³/mol. The van der Waals surface area contributed by atoms with Gasteiger partial charge in [0.05, 0.1) is 18.8 Å². The SMILES string of the molecule is Cc1ccc(C(F)(F)F)cc1C(=O)C1CC2COCC(C1)N2Cc1ccccc1. The van der Waals surface area contributed by atoms with E-state index in [1.807, 2.05) is 18.2 Å². The lowest BCUT2D eigenvalue weighted by molar-refractivity contribution is -0.137. The molecule has 2 aliphatic heterocycles. The highest BCUT2D eigenvalue weighted by Crippen LogP contribution is 2.36. The van der Waals surface area contributed by atoms with Crippen molar-refractivity contribution in [2.75, 3.05) is 13.2 Å². The molecule has 2 unspecified atom stereocenters. The monoisotopic (exact) mass is 403 g/mol. The molecule has 2 bridgehead atoms. The number of hydrogen-bond donors (Lipinski definition) is 0. The molecule has 6 heteroatoms. The minimum atomic E-state index is -4.45. The fourth-order valence-electron chi connectivity index (χ4n) is 4.54. The van der Waals surface area contributed by atoms with Crippen molar-refractivity contribution in [2.45, 2.75) is 44.6 Å². The van der Waals surface area contributed by atoms with E-state index in [0.717, 1.165) is 18.7 Å². The number of nitrogens with zero attached hydrogens (tertiary/aromatic N) is 1. The lowest BCUT2D eigenvalue weighted by atomic mass is 9.79. The minimum absolute atomic E-state index is 0.0998. The van der Waals surface area contributed by atoms with Gasteiger partial charge in [0.15, 0.2) is 5.78 Å². The molecule has 2 heterocycles. The molecule has 154 valence electrons. The van der Waals surface area contributed by atoms with Gasteiger partial charge in [-0.25, -0.2) is 0 Å². The first-order valence-electron chi connectivity index (χ1n) is 9.92. The standard InChI is InChI=1S/C23H24F3NO2/c1-15-7-8-18(23(24,25)26)11-21(15)22(28)17-9-19-13-29-14-20(10-17)27(19)12-16-5-3-2-4-6-16/h2-8,11,17,19-20H,9-10,12-14H2,1H3. The fraction of sp³-hybridized carbons (Fsp3) is 0.435. The molecule has 3 nitrogen and oxygen atoms in total. The Kier molecular flexibility index (Phi) is 5.49. The molecular weight excluding hydrogens is 379 g/mol. The lowest BCUT2D eigenvalue weighted by Gasteiger charge is -2.48. The molecule has 0 saturated carbocycles. The zero-order valence-electron chi connectivity index (χ0n) is 16.3. The summed E-state index contributed by atoms with van der Waals surface area (Å²) in [6, 6.07) is 13.8. The van der Waals surface area contributed by atoms with Crippen LogP contribution in [0.5, 0.6) is 0 Å². The first-order valence-corrected chi connectivity index (χ1v) is 9.92. The van der Waals surface area contributed by atoms with E-state index in [9.17, 15) is 18.0 Å². The molecule has 0 aliphatic carbocycles. The van der Waals surface area contributed by atoms with Gasteiger partial charge < -0.3 is 4.74 Å². The van der Waals surface area contributed by atoms with Crippen LogP contribution in [-0.4, -0.2) is 36.0 Å². The van der Waals surface area contributed by atoms with Crippen molar-refractivity contribution in [1.29, 1.82) is 0 Å². The maximum Gasteiger partial charge on any atom is 0.416 e. The molecule has 2 fully saturated rings. The summed E-state index contributed by atoms with van der Waals surface area (Å²) in [5.74, 6) is -0.451. The largest absolute Gasteiger partial charge is 0.416 e. The van der Waals surface area contributed by atoms with E-state index in [4.69, 9.17) is 4.74 Å². The number of Topliss-reactive ketones (excluding diaryl/α,β-unsaturated/α-hetero) is 1. The number of carbonyl (C=O) groups excluding carboxylic acids is 1. The molecule has 0 amide bonds. The Morgan fingerprint density at radius 3 is 2.34 bits per heavy atom. The normalized spacial score (nSPS) is 25.0. The van der Waals surface area contributed by atoms with Crippen LogP contribution in [0.25, 0.3) is 0 Å². The van der Waals surface area contributed by atoms with Gasteiger partial charge in [0.2, 0.25) is 0 Å². The van der Waals surface area contributed by atoms with Crippen LogP contribution < -0.4 is 0 Å². The number of ketones is 1. The van der Waals surface area contributed by atoms with Crippen LogP contribution in [0, 0.1) is 12.8 Å². The molecule has 0 spiro atoms. The van der Waals surface area contributed by atoms with Crippen molar-refractivity contribution in [3.05, 3.63) is 70.8 Å². The van der Waals surface area contributed by atoms with Gasteiger partial charge in [-0.05, 0) is 43.0 Å². The number of morpholine rings is 1. The molecule has 29 heavy (non-hydrogen) atoms. The second kappa shape index (κ2) is 7.92. The summed E-state index contributed by atoms with van der Waals surface area (Å²) in [6.45, 7) is 3.59. The minimum Gasteiger partial charge on any atom is -0.378 e. The quantitative estimate of drug-likeness (QED) is 0.682. The Morgan fingerprint density at radius 2 is 1.72 bits per heavy atom. The summed E-state index contributed by atoms with van der Waals surface area (Å²) in [5.41, 5.74) is 1.23. The van der Waals surface area contributed by atoms with Gasteiger partial charge in [0, 0.05) is 30.1 Å². The Bertz CT molecular complexity index is 867. The molecule has 0 aromatic heterocycles. The van der Waals surface area contributed by atoms with E-state index < -0.39 is 11.7 Å². The van der Waals surface area contributed by atoms with Gasteiger partial charge in [0.25, 0.3) is 0 Å². The van der Waals surface area contributed by atoms with Crippen LogP contribution >= 0.6 is 0 Å². The number of ether oxygens (including phenoxy) is 1. The summed E-state index contributed by atoms with van der Waals surface area (Å²) < 4.78 is 45.1. The molecule has 0 radical (unpaired) electrons. The summed E-state index contributed by atoms with van der Waals surface area (Å²) in [4.78, 5) is 15.6. The number of aryl methyl sites for hydroxylation is 1. The van der Waals surface area contributed by atoms with E-state index in [2.05, 4.69) is 17.0 Å². The average Bonchev–Trinajstić information content (AvgIpc) is 2.67. The molecule has 2 saturated heterocycles. The number of benzene rings is 2. The third-order valence-electron chi connectivity index (χ3n) is 6.08. The second-order valence-corrected chi connectivity index (χ2v) is 8.06. The van der Waals surface area contributed by atoms with E-state index in [-0.39, 0.29) is 29.3 Å². The number of halogens is 3. The van der Waals surface area contributed by atoms with Crippen molar-refractivity contribution in [2.24, 2.45) is 5.92 Å². The molecular formula is C23H24F3NO2. The maximum absolute atomic E-state index is 13.2. The molecule has 2 aromatic rings. The highest BCUT2D eigenvalue weighted by Gasteiger charge is 2.42. The van der Waals surface area contributed by atoms with Crippen molar-refractivity contribution >= 4 is 5.78 Å². The van der Waals surface area contributed by atoms with Gasteiger partial charge in [-0.3, -0.25) is 9.69 Å². The van der Waals surface area contributed by atoms with Crippen LogP contribution in [0.1, 0.15) is 39.9 Å². The Labute approximate surface area is 168 Å². The topological polar surface area (TPSA) is 29.5 Å². The first kappa shape index (κ1) is 20.1. The number of alkyl halides is 3. The van der Waals surface area contributed by atoms with Crippen LogP contribution in [0.2, 0.25) is 0 Å². The Hall–Kier alpha value is -2.18. The Balaban J connectivity index is 1.54. The number of piperidine rings is 1. The summed E-state index contributed by atoms with van der Waals surface area (Å²) in [5, 5.41) is 0. The smallest absolute Gasteiger partial charge is 0.378 e. The number of rotatable bonds is 4. The number of carbonyl (C=O) groups is 1. The van der Waals surface area contributed by atoms with Gasteiger partial charge in [-0.1, -0.05) is 36.4 Å². The first-order chi connectivity index (χ1) is 13.8. The Morgan fingerprint density at radius 1 is 1.07 bits per heavy atom. The summed E-state index contributed by atoms with van der Waals surface area (Å²) in [6.07, 6.45) is -3.23. The maximum atomic E-state index is 13.2. The highest BCUT2D eigenvalue weighted by molar-refractivity contribution is 5.99. The molecule has 4 rings (SSSR count). The molecule has 2 aliphatic rings. The molecule has 2 atom stereocenters. The van der Waals surface area contributed by atoms with Gasteiger partial charge in [-0.15, -0.1) is 0 Å². The van der Waals surface area contributed by atoms with Crippen molar-refractivity contribution < 1.29 is 22.7 Å². The van der Waals surface area contributed by atoms with Crippen LogP contribution in [0.4, 0.5) is 13.2 Å². The van der Waals surface area contributed by atoms with Crippen molar-refractivity contribution in [3.8, 4) is 0 Å².